The first kappa shape index (κ1) is 20.4. The summed E-state index contributed by atoms with van der Waals surface area (Å²) in [5.41, 5.74) is -0.449. The lowest BCUT2D eigenvalue weighted by Crippen LogP contribution is -2.35. The van der Waals surface area contributed by atoms with E-state index >= 15 is 0 Å². The number of nitrogens with one attached hydrogen (secondary N) is 1. The van der Waals surface area contributed by atoms with Crippen LogP contribution in [0.4, 0.5) is 0 Å². The van der Waals surface area contributed by atoms with Crippen LogP contribution in [0, 0.1) is 0 Å². The van der Waals surface area contributed by atoms with E-state index in [1.807, 2.05) is 56.3 Å². The number of fused-ring (bicyclic) bond motifs is 2. The number of carboxylic acid groups (broad SMARTS) is 1. The highest BCUT2D eigenvalue weighted by atomic mass is 16.5. The van der Waals surface area contributed by atoms with E-state index in [2.05, 4.69) is 20.2 Å². The fraction of sp³-hybridized carbons (Fsp3) is 0.174. The molecule has 5 rings (SSSR count). The van der Waals surface area contributed by atoms with E-state index in [1.165, 1.54) is 23.3 Å². The molecule has 2 aromatic carbocycles. The van der Waals surface area contributed by atoms with Crippen molar-refractivity contribution in [3.05, 3.63) is 77.0 Å². The van der Waals surface area contributed by atoms with Crippen LogP contribution in [0.2, 0.25) is 0 Å². The number of rotatable bonds is 6. The van der Waals surface area contributed by atoms with Crippen molar-refractivity contribution in [3.63, 3.8) is 0 Å². The van der Waals surface area contributed by atoms with Crippen LogP contribution in [-0.4, -0.2) is 46.2 Å². The minimum Gasteiger partial charge on any atom is -0.486 e. The Bertz CT molecular complexity index is 1560. The quantitative estimate of drug-likeness (QED) is 0.412. The standard InChI is InChI=1S/C23H20N6O4/c1-23(2,33-17-8-7-14-5-3-4-6-15(14)9-17)13-29-19-18(11-25-29)26-22(27-20(19)30)28-12-16(10-24-28)21(31)32/h3-12H,13H2,1-2H3,(H,31,32)(H,26,27,30). The molecule has 10 heteroatoms. The molecule has 3 aromatic heterocycles. The summed E-state index contributed by atoms with van der Waals surface area (Å²) in [5.74, 6) is -0.297. The summed E-state index contributed by atoms with van der Waals surface area (Å²) in [6, 6.07) is 13.9. The Labute approximate surface area is 187 Å². The number of ether oxygens (including phenoxy) is 1. The Hall–Kier alpha value is -4.47. The van der Waals surface area contributed by atoms with Crippen LogP contribution >= 0.6 is 0 Å². The van der Waals surface area contributed by atoms with E-state index in [4.69, 9.17) is 9.84 Å². The van der Waals surface area contributed by atoms with E-state index < -0.39 is 17.1 Å². The highest BCUT2D eigenvalue weighted by molar-refractivity contribution is 5.87. The molecular weight excluding hydrogens is 424 g/mol. The fourth-order valence-corrected chi connectivity index (χ4v) is 3.71. The van der Waals surface area contributed by atoms with Crippen molar-refractivity contribution in [1.82, 2.24) is 29.5 Å². The van der Waals surface area contributed by atoms with Gasteiger partial charge in [0.25, 0.3) is 5.56 Å². The highest BCUT2D eigenvalue weighted by Gasteiger charge is 2.24. The molecule has 0 radical (unpaired) electrons. The summed E-state index contributed by atoms with van der Waals surface area (Å²) in [6.07, 6.45) is 3.95. The van der Waals surface area contributed by atoms with Gasteiger partial charge >= 0.3 is 5.97 Å². The molecule has 5 aromatic rings. The second-order valence-corrected chi connectivity index (χ2v) is 8.28. The largest absolute Gasteiger partial charge is 0.486 e. The van der Waals surface area contributed by atoms with Crippen molar-refractivity contribution in [2.45, 2.75) is 26.0 Å². The molecule has 10 nitrogen and oxygen atoms in total. The van der Waals surface area contributed by atoms with Gasteiger partial charge in [0.05, 0.1) is 24.5 Å². The van der Waals surface area contributed by atoms with Gasteiger partial charge in [0.1, 0.15) is 16.9 Å². The van der Waals surface area contributed by atoms with Gasteiger partial charge in [-0.25, -0.2) is 14.5 Å². The molecule has 2 N–H and O–H groups in total. The first-order valence-electron chi connectivity index (χ1n) is 10.2. The molecule has 0 amide bonds. The molecule has 0 aliphatic rings. The zero-order valence-corrected chi connectivity index (χ0v) is 17.9. The number of aromatic carboxylic acids is 1. The summed E-state index contributed by atoms with van der Waals surface area (Å²) in [6.45, 7) is 4.14. The Balaban J connectivity index is 1.43. The lowest BCUT2D eigenvalue weighted by atomic mass is 10.1. The number of aromatic amines is 1. The van der Waals surface area contributed by atoms with E-state index in [0.717, 1.165) is 16.5 Å². The van der Waals surface area contributed by atoms with Gasteiger partial charge in [0.2, 0.25) is 5.95 Å². The minimum atomic E-state index is -1.12. The van der Waals surface area contributed by atoms with Crippen LogP contribution in [-0.2, 0) is 6.54 Å². The Kier molecular flexibility index (Phi) is 4.70. The van der Waals surface area contributed by atoms with E-state index in [1.54, 1.807) is 4.68 Å². The number of hydrogen-bond acceptors (Lipinski definition) is 6. The maximum absolute atomic E-state index is 12.8. The van der Waals surface area contributed by atoms with Gasteiger partial charge in [0.15, 0.2) is 5.52 Å². The van der Waals surface area contributed by atoms with Gasteiger partial charge in [-0.15, -0.1) is 0 Å². The predicted octanol–water partition coefficient (Wildman–Crippen LogP) is 3.01. The van der Waals surface area contributed by atoms with Crippen molar-refractivity contribution in [2.24, 2.45) is 0 Å². The molecule has 33 heavy (non-hydrogen) atoms. The van der Waals surface area contributed by atoms with Crippen LogP contribution < -0.4 is 10.3 Å². The number of carboxylic acids is 1. The lowest BCUT2D eigenvalue weighted by molar-refractivity contribution is 0.0696. The van der Waals surface area contributed by atoms with Crippen molar-refractivity contribution < 1.29 is 14.6 Å². The molecule has 0 atom stereocenters. The van der Waals surface area contributed by atoms with E-state index in [9.17, 15) is 9.59 Å². The van der Waals surface area contributed by atoms with Crippen molar-refractivity contribution in [3.8, 4) is 11.7 Å². The predicted molar refractivity (Wildman–Crippen MR) is 121 cm³/mol. The Morgan fingerprint density at radius 2 is 1.91 bits per heavy atom. The van der Waals surface area contributed by atoms with Gasteiger partial charge in [-0.1, -0.05) is 30.3 Å². The highest BCUT2D eigenvalue weighted by Crippen LogP contribution is 2.25. The van der Waals surface area contributed by atoms with Crippen molar-refractivity contribution >= 4 is 27.8 Å². The van der Waals surface area contributed by atoms with Gasteiger partial charge in [0, 0.05) is 6.20 Å². The summed E-state index contributed by atoms with van der Waals surface area (Å²) < 4.78 is 8.98. The molecule has 3 heterocycles. The van der Waals surface area contributed by atoms with Crippen molar-refractivity contribution in [2.75, 3.05) is 0 Å². The molecule has 0 saturated heterocycles. The zero-order chi connectivity index (χ0) is 23.2. The zero-order valence-electron chi connectivity index (χ0n) is 17.9. The van der Waals surface area contributed by atoms with Gasteiger partial charge in [-0.3, -0.25) is 14.5 Å². The number of benzene rings is 2. The van der Waals surface area contributed by atoms with Crippen LogP contribution in [0.1, 0.15) is 24.2 Å². The van der Waals surface area contributed by atoms with Crippen molar-refractivity contribution in [1.29, 1.82) is 0 Å². The van der Waals surface area contributed by atoms with E-state index in [-0.39, 0.29) is 11.5 Å². The normalized spacial score (nSPS) is 11.8. The average molecular weight is 444 g/mol. The Morgan fingerprint density at radius 3 is 2.67 bits per heavy atom. The average Bonchev–Trinajstić information content (AvgIpc) is 3.41. The SMILES string of the molecule is CC(C)(Cn1ncc2nc(-n3cc(C(=O)O)cn3)[nH]c(=O)c21)Oc1ccc2ccccc2c1. The van der Waals surface area contributed by atoms with Gasteiger partial charge in [-0.2, -0.15) is 10.2 Å². The molecule has 0 spiro atoms. The van der Waals surface area contributed by atoms with Crippen LogP contribution in [0.5, 0.6) is 5.75 Å². The number of hydrogen-bond donors (Lipinski definition) is 2. The van der Waals surface area contributed by atoms with Crippen LogP contribution in [0.15, 0.2) is 65.8 Å². The summed E-state index contributed by atoms with van der Waals surface area (Å²) in [4.78, 5) is 30.9. The second kappa shape index (κ2) is 7.59. The first-order valence-corrected chi connectivity index (χ1v) is 10.2. The molecule has 0 unspecified atom stereocenters. The maximum Gasteiger partial charge on any atom is 0.338 e. The number of aromatic nitrogens is 6. The summed E-state index contributed by atoms with van der Waals surface area (Å²) in [5, 5.41) is 19.6. The molecular formula is C23H20N6O4. The maximum atomic E-state index is 12.8. The van der Waals surface area contributed by atoms with Crippen LogP contribution in [0.25, 0.3) is 27.8 Å². The number of nitrogens with zero attached hydrogens (tertiary/aromatic N) is 5. The second-order valence-electron chi connectivity index (χ2n) is 8.28. The third-order valence-corrected chi connectivity index (χ3v) is 5.18. The molecule has 166 valence electrons. The monoisotopic (exact) mass is 444 g/mol. The molecule has 0 fully saturated rings. The van der Waals surface area contributed by atoms with Crippen LogP contribution in [0.3, 0.4) is 0 Å². The van der Waals surface area contributed by atoms with E-state index in [0.29, 0.717) is 17.6 Å². The number of carbonyl (C=O) groups is 1. The smallest absolute Gasteiger partial charge is 0.338 e. The van der Waals surface area contributed by atoms with Gasteiger partial charge in [-0.05, 0) is 36.8 Å². The molecule has 0 aliphatic carbocycles. The number of H-pyrrole nitrogens is 1. The Morgan fingerprint density at radius 1 is 1.12 bits per heavy atom. The van der Waals surface area contributed by atoms with Gasteiger partial charge < -0.3 is 9.84 Å². The minimum absolute atomic E-state index is 0.0129. The lowest BCUT2D eigenvalue weighted by Gasteiger charge is -2.26. The molecule has 0 bridgehead atoms. The molecule has 0 saturated carbocycles. The first-order chi connectivity index (χ1) is 15.8. The third kappa shape index (κ3) is 3.93. The molecule has 0 aliphatic heterocycles. The summed E-state index contributed by atoms with van der Waals surface area (Å²) in [7, 11) is 0. The third-order valence-electron chi connectivity index (χ3n) is 5.18. The summed E-state index contributed by atoms with van der Waals surface area (Å²) >= 11 is 0. The fourth-order valence-electron chi connectivity index (χ4n) is 3.71. The topological polar surface area (TPSA) is 128 Å².